The molecular formula is C11H14N6O. The number of nitrogens with two attached hydrogens (primary N) is 1. The highest BCUT2D eigenvalue weighted by Crippen LogP contribution is 2.13. The van der Waals surface area contributed by atoms with Crippen molar-refractivity contribution >= 4 is 11.9 Å². The molecule has 0 spiro atoms. The summed E-state index contributed by atoms with van der Waals surface area (Å²) in [5.41, 5.74) is 6.50. The fourth-order valence-corrected chi connectivity index (χ4v) is 1.43. The Labute approximate surface area is 105 Å². The molecule has 0 aliphatic carbocycles. The number of hydrogen-bond acceptors (Lipinski definition) is 7. The number of hydrogen-bond donors (Lipinski definition) is 1. The molecule has 0 saturated heterocycles. The number of aromatic nitrogens is 4. The maximum atomic E-state index is 5.58. The van der Waals surface area contributed by atoms with Gasteiger partial charge in [0.2, 0.25) is 11.9 Å². The molecule has 0 fully saturated rings. The van der Waals surface area contributed by atoms with E-state index in [1.54, 1.807) is 6.20 Å². The number of rotatable bonds is 4. The van der Waals surface area contributed by atoms with Gasteiger partial charge in [-0.25, -0.2) is 0 Å². The van der Waals surface area contributed by atoms with Crippen molar-refractivity contribution < 1.29 is 4.74 Å². The number of nitrogen functional groups attached to an aromatic ring is 1. The highest BCUT2D eigenvalue weighted by molar-refractivity contribution is 5.35. The van der Waals surface area contributed by atoms with Crippen molar-refractivity contribution in [3.63, 3.8) is 0 Å². The van der Waals surface area contributed by atoms with Crippen LogP contribution in [0.1, 0.15) is 5.69 Å². The predicted molar refractivity (Wildman–Crippen MR) is 67.1 cm³/mol. The second kappa shape index (κ2) is 5.26. The summed E-state index contributed by atoms with van der Waals surface area (Å²) in [6, 6.07) is 5.93. The van der Waals surface area contributed by atoms with Gasteiger partial charge in [0.1, 0.15) is 0 Å². The summed E-state index contributed by atoms with van der Waals surface area (Å²) in [6.45, 7) is 0.577. The van der Waals surface area contributed by atoms with Gasteiger partial charge in [-0.3, -0.25) is 4.98 Å². The van der Waals surface area contributed by atoms with Crippen LogP contribution in [0.25, 0.3) is 0 Å². The molecule has 0 atom stereocenters. The van der Waals surface area contributed by atoms with E-state index in [-0.39, 0.29) is 12.0 Å². The number of anilines is 2. The van der Waals surface area contributed by atoms with Crippen molar-refractivity contribution in [3.8, 4) is 6.01 Å². The van der Waals surface area contributed by atoms with Gasteiger partial charge in [0.25, 0.3) is 0 Å². The molecule has 0 unspecified atom stereocenters. The molecule has 2 rings (SSSR count). The monoisotopic (exact) mass is 246 g/mol. The fraction of sp³-hybridized carbons (Fsp3) is 0.273. The SMILES string of the molecule is COc1nc(N)nc(N(C)Cc2ccccn2)n1. The molecule has 0 amide bonds. The van der Waals surface area contributed by atoms with Gasteiger partial charge in [0.05, 0.1) is 19.3 Å². The zero-order chi connectivity index (χ0) is 13.0. The highest BCUT2D eigenvalue weighted by atomic mass is 16.5. The van der Waals surface area contributed by atoms with Crippen LogP contribution in [-0.4, -0.2) is 34.1 Å². The Balaban J connectivity index is 2.18. The van der Waals surface area contributed by atoms with Crippen molar-refractivity contribution in [2.75, 3.05) is 24.8 Å². The van der Waals surface area contributed by atoms with Gasteiger partial charge in [-0.1, -0.05) is 6.07 Å². The third-order valence-electron chi connectivity index (χ3n) is 2.27. The van der Waals surface area contributed by atoms with E-state index >= 15 is 0 Å². The summed E-state index contributed by atoms with van der Waals surface area (Å²) in [5, 5.41) is 0. The molecule has 2 N–H and O–H groups in total. The Morgan fingerprint density at radius 1 is 1.28 bits per heavy atom. The van der Waals surface area contributed by atoms with Gasteiger partial charge >= 0.3 is 6.01 Å². The molecule has 0 aliphatic rings. The summed E-state index contributed by atoms with van der Waals surface area (Å²) >= 11 is 0. The van der Waals surface area contributed by atoms with Crippen molar-refractivity contribution in [1.29, 1.82) is 0 Å². The molecule has 0 aliphatic heterocycles. The first kappa shape index (κ1) is 12.0. The van der Waals surface area contributed by atoms with Crippen LogP contribution in [0, 0.1) is 0 Å². The summed E-state index contributed by atoms with van der Waals surface area (Å²) in [7, 11) is 3.33. The van der Waals surface area contributed by atoms with Gasteiger partial charge in [-0.15, -0.1) is 0 Å². The van der Waals surface area contributed by atoms with Crippen LogP contribution < -0.4 is 15.4 Å². The Bertz CT molecular complexity index is 518. The van der Waals surface area contributed by atoms with Crippen molar-refractivity contribution in [2.45, 2.75) is 6.54 Å². The topological polar surface area (TPSA) is 90.0 Å². The average molecular weight is 246 g/mol. The first-order chi connectivity index (χ1) is 8.69. The molecular weight excluding hydrogens is 232 g/mol. The Morgan fingerprint density at radius 2 is 2.11 bits per heavy atom. The van der Waals surface area contributed by atoms with E-state index < -0.39 is 0 Å². The van der Waals surface area contributed by atoms with Crippen LogP contribution in [-0.2, 0) is 6.54 Å². The molecule has 7 nitrogen and oxygen atoms in total. The summed E-state index contributed by atoms with van der Waals surface area (Å²) in [6.07, 6.45) is 1.74. The standard InChI is InChI=1S/C11H14N6O/c1-17(7-8-5-3-4-6-13-8)10-14-9(12)15-11(16-10)18-2/h3-6H,7H2,1-2H3,(H2,12,14,15,16). The van der Waals surface area contributed by atoms with Gasteiger partial charge in [-0.2, -0.15) is 15.0 Å². The van der Waals surface area contributed by atoms with E-state index in [1.165, 1.54) is 7.11 Å². The first-order valence-corrected chi connectivity index (χ1v) is 5.35. The van der Waals surface area contributed by atoms with E-state index in [4.69, 9.17) is 10.5 Å². The third kappa shape index (κ3) is 2.82. The zero-order valence-electron chi connectivity index (χ0n) is 10.2. The summed E-state index contributed by atoms with van der Waals surface area (Å²) in [4.78, 5) is 18.1. The smallest absolute Gasteiger partial charge is 0.322 e. The zero-order valence-corrected chi connectivity index (χ0v) is 10.2. The van der Waals surface area contributed by atoms with Crippen LogP contribution in [0.2, 0.25) is 0 Å². The second-order valence-electron chi connectivity index (χ2n) is 3.66. The lowest BCUT2D eigenvalue weighted by molar-refractivity contribution is 0.379. The molecule has 0 saturated carbocycles. The Hall–Kier alpha value is -2.44. The van der Waals surface area contributed by atoms with E-state index in [0.29, 0.717) is 12.5 Å². The van der Waals surface area contributed by atoms with Crippen LogP contribution in [0.15, 0.2) is 24.4 Å². The lowest BCUT2D eigenvalue weighted by atomic mass is 10.3. The summed E-state index contributed by atoms with van der Waals surface area (Å²) in [5.74, 6) is 0.578. The van der Waals surface area contributed by atoms with Gasteiger partial charge in [-0.05, 0) is 12.1 Å². The molecule has 2 heterocycles. The second-order valence-corrected chi connectivity index (χ2v) is 3.66. The number of nitrogens with zero attached hydrogens (tertiary/aromatic N) is 5. The quantitative estimate of drug-likeness (QED) is 0.839. The van der Waals surface area contributed by atoms with Crippen LogP contribution in [0.5, 0.6) is 6.01 Å². The summed E-state index contributed by atoms with van der Waals surface area (Å²) < 4.78 is 4.95. The maximum Gasteiger partial charge on any atom is 0.322 e. The molecule has 0 bridgehead atoms. The number of pyridine rings is 1. The lowest BCUT2D eigenvalue weighted by Gasteiger charge is -2.16. The van der Waals surface area contributed by atoms with Crippen LogP contribution in [0.3, 0.4) is 0 Å². The van der Waals surface area contributed by atoms with E-state index in [1.807, 2.05) is 30.1 Å². The highest BCUT2D eigenvalue weighted by Gasteiger charge is 2.10. The van der Waals surface area contributed by atoms with E-state index in [9.17, 15) is 0 Å². The number of ether oxygens (including phenoxy) is 1. The van der Waals surface area contributed by atoms with Gasteiger partial charge < -0.3 is 15.4 Å². The van der Waals surface area contributed by atoms with E-state index in [0.717, 1.165) is 5.69 Å². The van der Waals surface area contributed by atoms with Crippen molar-refractivity contribution in [1.82, 2.24) is 19.9 Å². The molecule has 94 valence electrons. The third-order valence-corrected chi connectivity index (χ3v) is 2.27. The predicted octanol–water partition coefficient (Wildman–Crippen LogP) is 0.494. The normalized spacial score (nSPS) is 10.1. The van der Waals surface area contributed by atoms with Crippen molar-refractivity contribution in [3.05, 3.63) is 30.1 Å². The maximum absolute atomic E-state index is 5.58. The molecule has 0 radical (unpaired) electrons. The Morgan fingerprint density at radius 3 is 2.78 bits per heavy atom. The van der Waals surface area contributed by atoms with Crippen LogP contribution >= 0.6 is 0 Å². The first-order valence-electron chi connectivity index (χ1n) is 5.35. The lowest BCUT2D eigenvalue weighted by Crippen LogP contribution is -2.21. The molecule has 0 aromatic carbocycles. The van der Waals surface area contributed by atoms with Crippen LogP contribution in [0.4, 0.5) is 11.9 Å². The average Bonchev–Trinajstić information content (AvgIpc) is 2.39. The minimum atomic E-state index is 0.129. The molecule has 2 aromatic heterocycles. The van der Waals surface area contributed by atoms with Gasteiger partial charge in [0.15, 0.2) is 0 Å². The largest absolute Gasteiger partial charge is 0.467 e. The van der Waals surface area contributed by atoms with E-state index in [2.05, 4.69) is 19.9 Å². The fourth-order valence-electron chi connectivity index (χ4n) is 1.43. The minimum absolute atomic E-state index is 0.129. The molecule has 7 heteroatoms. The Kier molecular flexibility index (Phi) is 3.52. The number of methoxy groups -OCH3 is 1. The molecule has 18 heavy (non-hydrogen) atoms. The van der Waals surface area contributed by atoms with Gasteiger partial charge in [0, 0.05) is 13.2 Å². The van der Waals surface area contributed by atoms with Crippen molar-refractivity contribution in [2.24, 2.45) is 0 Å². The minimum Gasteiger partial charge on any atom is -0.467 e. The molecule has 2 aromatic rings.